The Morgan fingerprint density at radius 1 is 1.38 bits per heavy atom. The molecule has 2 heteroatoms. The lowest BCUT2D eigenvalue weighted by atomic mass is 10.1. The molecule has 13 heavy (non-hydrogen) atoms. The van der Waals surface area contributed by atoms with Gasteiger partial charge in [0.1, 0.15) is 0 Å². The van der Waals surface area contributed by atoms with Crippen molar-refractivity contribution in [2.75, 3.05) is 0 Å². The van der Waals surface area contributed by atoms with Gasteiger partial charge in [0, 0.05) is 22.7 Å². The molecule has 1 atom stereocenters. The summed E-state index contributed by atoms with van der Waals surface area (Å²) in [6, 6.07) is 8.02. The highest BCUT2D eigenvalue weighted by Crippen LogP contribution is 2.25. The number of H-pyrrole nitrogens is 1. The Balaban J connectivity index is 2.57. The van der Waals surface area contributed by atoms with Gasteiger partial charge in [-0.1, -0.05) is 25.1 Å². The average molecular weight is 175 g/mol. The Kier molecular flexibility index (Phi) is 2.07. The SMILES string of the molecule is CC[C@H](O)c1c[nH]c2ccccc12. The lowest BCUT2D eigenvalue weighted by Gasteiger charge is -2.04. The third kappa shape index (κ3) is 1.33. The molecule has 2 nitrogen and oxygen atoms in total. The van der Waals surface area contributed by atoms with Crippen LogP contribution in [0, 0.1) is 0 Å². The maximum absolute atomic E-state index is 9.70. The second-order valence-electron chi connectivity index (χ2n) is 3.21. The zero-order valence-electron chi connectivity index (χ0n) is 7.62. The van der Waals surface area contributed by atoms with Gasteiger partial charge < -0.3 is 10.1 Å². The van der Waals surface area contributed by atoms with Crippen molar-refractivity contribution in [2.24, 2.45) is 0 Å². The van der Waals surface area contributed by atoms with E-state index in [1.54, 1.807) is 0 Å². The van der Waals surface area contributed by atoms with Crippen LogP contribution in [0.1, 0.15) is 25.0 Å². The molecule has 0 bridgehead atoms. The van der Waals surface area contributed by atoms with E-state index in [0.29, 0.717) is 0 Å². The van der Waals surface area contributed by atoms with Crippen LogP contribution in [0.3, 0.4) is 0 Å². The molecule has 2 N–H and O–H groups in total. The van der Waals surface area contributed by atoms with Crippen LogP contribution in [-0.4, -0.2) is 10.1 Å². The minimum absolute atomic E-state index is 0.351. The van der Waals surface area contributed by atoms with Crippen LogP contribution in [0.15, 0.2) is 30.5 Å². The summed E-state index contributed by atoms with van der Waals surface area (Å²) in [6.45, 7) is 1.98. The number of rotatable bonds is 2. The van der Waals surface area contributed by atoms with Gasteiger partial charge in [0.2, 0.25) is 0 Å². The van der Waals surface area contributed by atoms with Gasteiger partial charge in [-0.15, -0.1) is 0 Å². The van der Waals surface area contributed by atoms with E-state index in [1.165, 1.54) is 0 Å². The maximum atomic E-state index is 9.70. The van der Waals surface area contributed by atoms with Crippen molar-refractivity contribution in [2.45, 2.75) is 19.4 Å². The fourth-order valence-corrected chi connectivity index (χ4v) is 1.59. The molecule has 0 amide bonds. The van der Waals surface area contributed by atoms with Crippen LogP contribution in [0.4, 0.5) is 0 Å². The van der Waals surface area contributed by atoms with E-state index in [2.05, 4.69) is 4.98 Å². The Morgan fingerprint density at radius 3 is 2.92 bits per heavy atom. The monoisotopic (exact) mass is 175 g/mol. The summed E-state index contributed by atoms with van der Waals surface area (Å²) in [5.41, 5.74) is 2.09. The fraction of sp³-hybridized carbons (Fsp3) is 0.273. The molecule has 0 aliphatic rings. The Morgan fingerprint density at radius 2 is 2.15 bits per heavy atom. The van der Waals surface area contributed by atoms with E-state index < -0.39 is 0 Å². The smallest absolute Gasteiger partial charge is 0.0808 e. The normalized spacial score (nSPS) is 13.4. The molecule has 1 heterocycles. The first-order valence-corrected chi connectivity index (χ1v) is 4.57. The summed E-state index contributed by atoms with van der Waals surface area (Å²) in [4.78, 5) is 3.14. The third-order valence-corrected chi connectivity index (χ3v) is 2.37. The van der Waals surface area contributed by atoms with Crippen LogP contribution in [-0.2, 0) is 0 Å². The summed E-state index contributed by atoms with van der Waals surface area (Å²) in [5.74, 6) is 0. The number of nitrogens with one attached hydrogen (secondary N) is 1. The Hall–Kier alpha value is -1.28. The first-order chi connectivity index (χ1) is 6.33. The number of hydrogen-bond donors (Lipinski definition) is 2. The van der Waals surface area contributed by atoms with E-state index in [4.69, 9.17) is 0 Å². The Bertz CT molecular complexity index is 405. The van der Waals surface area contributed by atoms with Crippen LogP contribution in [0.5, 0.6) is 0 Å². The highest BCUT2D eigenvalue weighted by atomic mass is 16.3. The molecule has 0 fully saturated rings. The molecule has 2 aromatic rings. The number of benzene rings is 1. The van der Waals surface area contributed by atoms with Gasteiger partial charge in [-0.3, -0.25) is 0 Å². The molecule has 0 spiro atoms. The number of hydrogen-bond acceptors (Lipinski definition) is 1. The second kappa shape index (κ2) is 3.23. The van der Waals surface area contributed by atoms with Crippen molar-refractivity contribution in [3.63, 3.8) is 0 Å². The standard InChI is InChI=1S/C11H13NO/c1-2-11(13)9-7-12-10-6-4-3-5-8(9)10/h3-7,11-13H,2H2,1H3/t11-/m0/s1. The summed E-state index contributed by atoms with van der Waals surface area (Å²) < 4.78 is 0. The van der Waals surface area contributed by atoms with Gasteiger partial charge in [0.15, 0.2) is 0 Å². The maximum Gasteiger partial charge on any atom is 0.0808 e. The molecule has 0 radical (unpaired) electrons. The minimum Gasteiger partial charge on any atom is -0.388 e. The van der Waals surface area contributed by atoms with Crippen molar-refractivity contribution in [1.82, 2.24) is 4.98 Å². The molecular weight excluding hydrogens is 162 g/mol. The molecule has 1 aromatic carbocycles. The Labute approximate surface area is 77.2 Å². The number of para-hydroxylation sites is 1. The van der Waals surface area contributed by atoms with Crippen molar-refractivity contribution in [3.8, 4) is 0 Å². The second-order valence-corrected chi connectivity index (χ2v) is 3.21. The van der Waals surface area contributed by atoms with Gasteiger partial charge in [-0.05, 0) is 12.5 Å². The fourth-order valence-electron chi connectivity index (χ4n) is 1.59. The summed E-state index contributed by atoms with van der Waals surface area (Å²) in [6.07, 6.45) is 2.29. The predicted octanol–water partition coefficient (Wildman–Crippen LogP) is 2.61. The van der Waals surface area contributed by atoms with Crippen LogP contribution >= 0.6 is 0 Å². The molecule has 0 aliphatic carbocycles. The first-order valence-electron chi connectivity index (χ1n) is 4.57. The lowest BCUT2D eigenvalue weighted by molar-refractivity contribution is 0.175. The van der Waals surface area contributed by atoms with Crippen molar-refractivity contribution >= 4 is 10.9 Å². The van der Waals surface area contributed by atoms with Gasteiger partial charge >= 0.3 is 0 Å². The first kappa shape index (κ1) is 8.32. The number of aromatic nitrogens is 1. The van der Waals surface area contributed by atoms with Gasteiger partial charge in [-0.2, -0.15) is 0 Å². The molecule has 68 valence electrons. The molecule has 1 aromatic heterocycles. The average Bonchev–Trinajstić information content (AvgIpc) is 2.60. The van der Waals surface area contributed by atoms with E-state index in [0.717, 1.165) is 22.9 Å². The summed E-state index contributed by atoms with van der Waals surface area (Å²) >= 11 is 0. The predicted molar refractivity (Wildman–Crippen MR) is 53.5 cm³/mol. The summed E-state index contributed by atoms with van der Waals surface area (Å²) in [5, 5.41) is 10.8. The van der Waals surface area contributed by atoms with Gasteiger partial charge in [0.05, 0.1) is 6.10 Å². The highest BCUT2D eigenvalue weighted by Gasteiger charge is 2.09. The topological polar surface area (TPSA) is 36.0 Å². The van der Waals surface area contributed by atoms with E-state index in [-0.39, 0.29) is 6.10 Å². The number of fused-ring (bicyclic) bond motifs is 1. The van der Waals surface area contributed by atoms with E-state index in [1.807, 2.05) is 37.4 Å². The minimum atomic E-state index is -0.351. The largest absolute Gasteiger partial charge is 0.388 e. The molecule has 0 aliphatic heterocycles. The number of aliphatic hydroxyl groups is 1. The van der Waals surface area contributed by atoms with Crippen molar-refractivity contribution < 1.29 is 5.11 Å². The van der Waals surface area contributed by atoms with E-state index in [9.17, 15) is 5.11 Å². The quantitative estimate of drug-likeness (QED) is 0.723. The zero-order valence-corrected chi connectivity index (χ0v) is 7.62. The van der Waals surface area contributed by atoms with Gasteiger partial charge in [-0.25, -0.2) is 0 Å². The summed E-state index contributed by atoms with van der Waals surface area (Å²) in [7, 11) is 0. The third-order valence-electron chi connectivity index (χ3n) is 2.37. The highest BCUT2D eigenvalue weighted by molar-refractivity contribution is 5.83. The van der Waals surface area contributed by atoms with Gasteiger partial charge in [0.25, 0.3) is 0 Å². The molecule has 0 saturated heterocycles. The zero-order chi connectivity index (χ0) is 9.26. The number of aromatic amines is 1. The van der Waals surface area contributed by atoms with Crippen molar-refractivity contribution in [3.05, 3.63) is 36.0 Å². The van der Waals surface area contributed by atoms with Crippen LogP contribution in [0.2, 0.25) is 0 Å². The lowest BCUT2D eigenvalue weighted by Crippen LogP contribution is -1.92. The molecule has 2 rings (SSSR count). The number of aliphatic hydroxyl groups excluding tert-OH is 1. The van der Waals surface area contributed by atoms with Crippen molar-refractivity contribution in [1.29, 1.82) is 0 Å². The van der Waals surface area contributed by atoms with Crippen LogP contribution in [0.25, 0.3) is 10.9 Å². The molecule has 0 saturated carbocycles. The van der Waals surface area contributed by atoms with E-state index >= 15 is 0 Å². The molecule has 0 unspecified atom stereocenters. The van der Waals surface area contributed by atoms with Crippen LogP contribution < -0.4 is 0 Å². The molecular formula is C11H13NO.